The van der Waals surface area contributed by atoms with Gasteiger partial charge >= 0.3 is 11.2 Å². The van der Waals surface area contributed by atoms with E-state index in [2.05, 4.69) is 27.0 Å². The van der Waals surface area contributed by atoms with E-state index in [0.717, 1.165) is 6.92 Å². The molecule has 0 saturated carbocycles. The average molecular weight is 494 g/mol. The number of alkyl halides is 2. The Morgan fingerprint density at radius 2 is 1.97 bits per heavy atom. The Kier molecular flexibility index (Phi) is 6.09. The van der Waals surface area contributed by atoms with Crippen molar-refractivity contribution < 1.29 is 23.5 Å². The van der Waals surface area contributed by atoms with Crippen molar-refractivity contribution in [3.63, 3.8) is 0 Å². The SMILES string of the molecule is CC(NC(=O)C(F)(F)Sc1ncc(Br)n1-c1ccc(C#N)c2ccccc12)C(=O)[O-]. The molecule has 0 aliphatic carbocycles. The van der Waals surface area contributed by atoms with Crippen LogP contribution in [0.15, 0.2) is 52.4 Å². The van der Waals surface area contributed by atoms with Gasteiger partial charge in [0.1, 0.15) is 4.60 Å². The van der Waals surface area contributed by atoms with Gasteiger partial charge in [0, 0.05) is 10.8 Å². The third-order valence-corrected chi connectivity index (χ3v) is 5.61. The van der Waals surface area contributed by atoms with Crippen molar-refractivity contribution in [1.29, 1.82) is 5.26 Å². The second-order valence-electron chi connectivity index (χ2n) is 6.12. The van der Waals surface area contributed by atoms with E-state index in [1.165, 1.54) is 10.8 Å². The van der Waals surface area contributed by atoms with Gasteiger partial charge in [-0.1, -0.05) is 24.3 Å². The smallest absolute Gasteiger partial charge is 0.377 e. The number of carboxylic acids is 1. The summed E-state index contributed by atoms with van der Waals surface area (Å²) in [7, 11) is 0. The van der Waals surface area contributed by atoms with Crippen LogP contribution >= 0.6 is 27.7 Å². The number of carboxylic acid groups (broad SMARTS) is 1. The molecule has 1 amide bonds. The molecule has 0 radical (unpaired) electrons. The van der Waals surface area contributed by atoms with Gasteiger partial charge in [-0.25, -0.2) is 4.98 Å². The number of rotatable bonds is 6. The Morgan fingerprint density at radius 1 is 1.30 bits per heavy atom. The zero-order valence-electron chi connectivity index (χ0n) is 15.2. The number of nitriles is 1. The van der Waals surface area contributed by atoms with E-state index in [9.17, 15) is 28.7 Å². The molecule has 7 nitrogen and oxygen atoms in total. The topological polar surface area (TPSA) is 111 Å². The van der Waals surface area contributed by atoms with Crippen molar-refractivity contribution in [2.45, 2.75) is 23.4 Å². The maximum Gasteiger partial charge on any atom is 0.377 e. The summed E-state index contributed by atoms with van der Waals surface area (Å²) in [4.78, 5) is 26.5. The first kappa shape index (κ1) is 21.7. The minimum absolute atomic E-state index is 0.133. The second kappa shape index (κ2) is 8.41. The average Bonchev–Trinajstić information content (AvgIpc) is 3.06. The van der Waals surface area contributed by atoms with Crippen molar-refractivity contribution in [3.8, 4) is 11.8 Å². The van der Waals surface area contributed by atoms with Crippen LogP contribution in [-0.2, 0) is 9.59 Å². The monoisotopic (exact) mass is 493 g/mol. The number of imidazole rings is 1. The Bertz CT molecular complexity index is 1190. The van der Waals surface area contributed by atoms with Gasteiger partial charge in [-0.2, -0.15) is 14.0 Å². The molecule has 154 valence electrons. The summed E-state index contributed by atoms with van der Waals surface area (Å²) >= 11 is 3.14. The summed E-state index contributed by atoms with van der Waals surface area (Å²) in [5, 5.41) is 18.8. The van der Waals surface area contributed by atoms with Gasteiger partial charge < -0.3 is 15.2 Å². The molecule has 0 bridgehead atoms. The van der Waals surface area contributed by atoms with Gasteiger partial charge in [0.05, 0.1) is 35.5 Å². The minimum atomic E-state index is -4.01. The highest BCUT2D eigenvalue weighted by atomic mass is 79.9. The van der Waals surface area contributed by atoms with Crippen LogP contribution in [0, 0.1) is 11.3 Å². The van der Waals surface area contributed by atoms with E-state index in [0.29, 0.717) is 26.6 Å². The predicted molar refractivity (Wildman–Crippen MR) is 107 cm³/mol. The third-order valence-electron chi connectivity index (χ3n) is 4.13. The summed E-state index contributed by atoms with van der Waals surface area (Å²) in [6.45, 7) is 1.02. The molecule has 1 aromatic heterocycles. The number of nitrogens with zero attached hydrogens (tertiary/aromatic N) is 3. The van der Waals surface area contributed by atoms with E-state index in [1.807, 2.05) is 0 Å². The number of carbonyl (C=O) groups is 2. The number of halogens is 3. The Balaban J connectivity index is 2.03. The zero-order chi connectivity index (χ0) is 22.1. The molecule has 0 aliphatic heterocycles. The fourth-order valence-corrected chi connectivity index (χ4v) is 4.03. The first-order chi connectivity index (χ1) is 14.2. The molecule has 1 unspecified atom stereocenters. The first-order valence-corrected chi connectivity index (χ1v) is 10.0. The Hall–Kier alpha value is -2.97. The van der Waals surface area contributed by atoms with E-state index in [-0.39, 0.29) is 16.9 Å². The van der Waals surface area contributed by atoms with Gasteiger partial charge in [0.25, 0.3) is 0 Å². The van der Waals surface area contributed by atoms with Crippen LogP contribution in [0.1, 0.15) is 12.5 Å². The molecule has 0 spiro atoms. The molecule has 30 heavy (non-hydrogen) atoms. The van der Waals surface area contributed by atoms with Gasteiger partial charge in [-0.3, -0.25) is 9.36 Å². The highest BCUT2D eigenvalue weighted by Gasteiger charge is 2.42. The number of amides is 1. The highest BCUT2D eigenvalue weighted by Crippen LogP contribution is 2.39. The van der Waals surface area contributed by atoms with E-state index in [1.54, 1.807) is 41.7 Å². The van der Waals surface area contributed by atoms with Crippen molar-refractivity contribution in [2.75, 3.05) is 0 Å². The molecule has 0 saturated heterocycles. The molecular formula is C19H12BrF2N4O3S-. The normalized spacial score (nSPS) is 12.4. The van der Waals surface area contributed by atoms with Crippen LogP contribution in [0.5, 0.6) is 0 Å². The predicted octanol–water partition coefficient (Wildman–Crippen LogP) is 2.60. The summed E-state index contributed by atoms with van der Waals surface area (Å²) in [5.41, 5.74) is 0.886. The molecule has 2 aromatic carbocycles. The van der Waals surface area contributed by atoms with Gasteiger partial charge in [-0.15, -0.1) is 0 Å². The van der Waals surface area contributed by atoms with Gasteiger partial charge in [0.2, 0.25) is 0 Å². The summed E-state index contributed by atoms with van der Waals surface area (Å²) in [5.74, 6) is -3.46. The van der Waals surface area contributed by atoms with Crippen molar-refractivity contribution >= 4 is 50.3 Å². The van der Waals surface area contributed by atoms with E-state index >= 15 is 0 Å². The third kappa shape index (κ3) is 4.15. The van der Waals surface area contributed by atoms with Crippen LogP contribution in [0.2, 0.25) is 0 Å². The van der Waals surface area contributed by atoms with E-state index in [4.69, 9.17) is 0 Å². The number of benzene rings is 2. The number of fused-ring (bicyclic) bond motifs is 1. The van der Waals surface area contributed by atoms with Gasteiger partial charge in [0.15, 0.2) is 5.16 Å². The molecule has 0 aliphatic rings. The lowest BCUT2D eigenvalue weighted by molar-refractivity contribution is -0.307. The molecule has 3 rings (SSSR count). The lowest BCUT2D eigenvalue weighted by Crippen LogP contribution is -2.50. The quantitative estimate of drug-likeness (QED) is 0.528. The van der Waals surface area contributed by atoms with Crippen LogP contribution < -0.4 is 10.4 Å². The van der Waals surface area contributed by atoms with Crippen LogP contribution in [0.25, 0.3) is 16.5 Å². The summed E-state index contributed by atoms with van der Waals surface area (Å²) < 4.78 is 30.7. The fraction of sp³-hybridized carbons (Fsp3) is 0.158. The lowest BCUT2D eigenvalue weighted by atomic mass is 10.0. The first-order valence-electron chi connectivity index (χ1n) is 8.40. The molecule has 1 atom stereocenters. The number of aliphatic carboxylic acids is 1. The maximum absolute atomic E-state index is 14.5. The zero-order valence-corrected chi connectivity index (χ0v) is 17.6. The molecule has 3 aromatic rings. The Morgan fingerprint density at radius 3 is 2.60 bits per heavy atom. The molecular weight excluding hydrogens is 482 g/mol. The van der Waals surface area contributed by atoms with Crippen molar-refractivity contribution in [2.24, 2.45) is 0 Å². The lowest BCUT2D eigenvalue weighted by Gasteiger charge is -2.20. The van der Waals surface area contributed by atoms with E-state index < -0.39 is 23.2 Å². The second-order valence-corrected chi connectivity index (χ2v) is 8.02. The number of aromatic nitrogens is 2. The number of hydrogen-bond acceptors (Lipinski definition) is 6. The molecule has 0 fully saturated rings. The highest BCUT2D eigenvalue weighted by molar-refractivity contribution is 9.10. The van der Waals surface area contributed by atoms with Gasteiger partial charge in [-0.05, 0) is 46.7 Å². The summed E-state index contributed by atoms with van der Waals surface area (Å²) in [6.07, 6.45) is 1.30. The van der Waals surface area contributed by atoms with Crippen molar-refractivity contribution in [1.82, 2.24) is 14.9 Å². The fourth-order valence-electron chi connectivity index (χ4n) is 2.68. The number of hydrogen-bond donors (Lipinski definition) is 1. The number of nitrogens with one attached hydrogen (secondary N) is 1. The van der Waals surface area contributed by atoms with Crippen LogP contribution in [0.4, 0.5) is 8.78 Å². The number of thioether (sulfide) groups is 1. The molecule has 11 heteroatoms. The van der Waals surface area contributed by atoms with Crippen LogP contribution in [0.3, 0.4) is 0 Å². The standard InChI is InChI=1S/C19H13BrF2N4O3S/c1-10(16(27)28)25-17(29)19(21,22)30-18-24-9-15(20)26(18)14-7-6-11(8-23)12-4-2-3-5-13(12)14/h2-7,9-10H,1H3,(H,25,29)(H,27,28)/p-1. The van der Waals surface area contributed by atoms with Crippen LogP contribution in [-0.4, -0.2) is 32.7 Å². The maximum atomic E-state index is 14.5. The molecule has 1 heterocycles. The van der Waals surface area contributed by atoms with Crippen molar-refractivity contribution in [3.05, 3.63) is 52.8 Å². The Labute approximate surface area is 181 Å². The molecule has 1 N–H and O–H groups in total. The minimum Gasteiger partial charge on any atom is -0.548 e. The largest absolute Gasteiger partial charge is 0.548 e. The number of carbonyl (C=O) groups excluding carboxylic acids is 2. The summed E-state index contributed by atoms with van der Waals surface area (Å²) in [6, 6.07) is 10.6.